The SMILES string of the molecule is CC(C)c1cncn1C(=O)OCc1ccccc1. The molecule has 0 saturated heterocycles. The molecule has 1 heterocycles. The van der Waals surface area contributed by atoms with Crippen LogP contribution in [0.15, 0.2) is 42.9 Å². The van der Waals surface area contributed by atoms with Gasteiger partial charge in [0.1, 0.15) is 12.9 Å². The van der Waals surface area contributed by atoms with Crippen LogP contribution in [0, 0.1) is 0 Å². The van der Waals surface area contributed by atoms with Crippen molar-refractivity contribution in [3.05, 3.63) is 54.1 Å². The number of carbonyl (C=O) groups is 1. The fraction of sp³-hybridized carbons (Fsp3) is 0.286. The topological polar surface area (TPSA) is 44.1 Å². The van der Waals surface area contributed by atoms with Gasteiger partial charge in [0.2, 0.25) is 0 Å². The minimum absolute atomic E-state index is 0.233. The number of carbonyl (C=O) groups excluding carboxylic acids is 1. The number of benzene rings is 1. The first-order valence-corrected chi connectivity index (χ1v) is 5.92. The number of hydrogen-bond acceptors (Lipinski definition) is 3. The second kappa shape index (κ2) is 5.49. The highest BCUT2D eigenvalue weighted by Gasteiger charge is 2.13. The van der Waals surface area contributed by atoms with Crippen molar-refractivity contribution in [2.45, 2.75) is 26.4 Å². The molecule has 4 nitrogen and oxygen atoms in total. The maximum absolute atomic E-state index is 11.9. The molecule has 0 aliphatic heterocycles. The lowest BCUT2D eigenvalue weighted by Crippen LogP contribution is -2.16. The zero-order valence-corrected chi connectivity index (χ0v) is 10.5. The number of hydrogen-bond donors (Lipinski definition) is 0. The normalized spacial score (nSPS) is 10.6. The molecule has 0 aliphatic rings. The molecule has 4 heteroatoms. The molecule has 1 aromatic carbocycles. The molecule has 94 valence electrons. The van der Waals surface area contributed by atoms with Crippen LogP contribution < -0.4 is 0 Å². The number of imidazole rings is 1. The molecule has 18 heavy (non-hydrogen) atoms. The first-order valence-electron chi connectivity index (χ1n) is 5.92. The van der Waals surface area contributed by atoms with Crippen molar-refractivity contribution >= 4 is 6.09 Å². The van der Waals surface area contributed by atoms with Gasteiger partial charge in [-0.3, -0.25) is 0 Å². The van der Waals surface area contributed by atoms with E-state index in [1.807, 2.05) is 44.2 Å². The van der Waals surface area contributed by atoms with Gasteiger partial charge < -0.3 is 4.74 Å². The Hall–Kier alpha value is -2.10. The quantitative estimate of drug-likeness (QED) is 0.832. The first kappa shape index (κ1) is 12.4. The molecule has 0 bridgehead atoms. The van der Waals surface area contributed by atoms with Gasteiger partial charge in [-0.2, -0.15) is 0 Å². The maximum atomic E-state index is 11.9. The van der Waals surface area contributed by atoms with E-state index >= 15 is 0 Å². The van der Waals surface area contributed by atoms with Crippen molar-refractivity contribution in [1.82, 2.24) is 9.55 Å². The Morgan fingerprint density at radius 3 is 2.72 bits per heavy atom. The monoisotopic (exact) mass is 244 g/mol. The van der Waals surface area contributed by atoms with Gasteiger partial charge in [0.15, 0.2) is 0 Å². The number of aromatic nitrogens is 2. The van der Waals surface area contributed by atoms with Crippen molar-refractivity contribution in [1.29, 1.82) is 0 Å². The first-order chi connectivity index (χ1) is 8.68. The highest BCUT2D eigenvalue weighted by atomic mass is 16.5. The van der Waals surface area contributed by atoms with Gasteiger partial charge in [0, 0.05) is 6.20 Å². The van der Waals surface area contributed by atoms with E-state index in [1.165, 1.54) is 10.9 Å². The summed E-state index contributed by atoms with van der Waals surface area (Å²) in [7, 11) is 0. The highest BCUT2D eigenvalue weighted by molar-refractivity contribution is 5.71. The molecule has 0 atom stereocenters. The minimum atomic E-state index is -0.389. The van der Waals surface area contributed by atoms with Crippen LogP contribution in [-0.2, 0) is 11.3 Å². The van der Waals surface area contributed by atoms with Crippen molar-refractivity contribution in [2.24, 2.45) is 0 Å². The highest BCUT2D eigenvalue weighted by Crippen LogP contribution is 2.14. The van der Waals surface area contributed by atoms with Crippen molar-refractivity contribution in [2.75, 3.05) is 0 Å². The maximum Gasteiger partial charge on any atom is 0.419 e. The van der Waals surface area contributed by atoms with Crippen molar-refractivity contribution in [3.63, 3.8) is 0 Å². The zero-order chi connectivity index (χ0) is 13.0. The molecule has 0 aliphatic carbocycles. The third-order valence-corrected chi connectivity index (χ3v) is 2.66. The largest absolute Gasteiger partial charge is 0.444 e. The average Bonchev–Trinajstić information content (AvgIpc) is 2.86. The summed E-state index contributed by atoms with van der Waals surface area (Å²) < 4.78 is 6.70. The second-order valence-corrected chi connectivity index (χ2v) is 4.38. The molecule has 0 spiro atoms. The minimum Gasteiger partial charge on any atom is -0.444 e. The van der Waals surface area contributed by atoms with E-state index in [1.54, 1.807) is 6.20 Å². The van der Waals surface area contributed by atoms with Gasteiger partial charge in [-0.1, -0.05) is 44.2 Å². The molecular formula is C14H16N2O2. The summed E-state index contributed by atoms with van der Waals surface area (Å²) in [5, 5.41) is 0. The smallest absolute Gasteiger partial charge is 0.419 e. The van der Waals surface area contributed by atoms with E-state index in [4.69, 9.17) is 4.74 Å². The zero-order valence-electron chi connectivity index (χ0n) is 10.5. The van der Waals surface area contributed by atoms with Crippen LogP contribution in [-0.4, -0.2) is 15.6 Å². The standard InChI is InChI=1S/C14H16N2O2/c1-11(2)13-8-15-10-16(13)14(17)18-9-12-6-4-3-5-7-12/h3-8,10-11H,9H2,1-2H3. The lowest BCUT2D eigenvalue weighted by Gasteiger charge is -2.10. The molecule has 0 N–H and O–H groups in total. The number of rotatable bonds is 3. The lowest BCUT2D eigenvalue weighted by molar-refractivity contribution is 0.140. The van der Waals surface area contributed by atoms with Gasteiger partial charge in [-0.25, -0.2) is 14.3 Å². The van der Waals surface area contributed by atoms with E-state index in [0.717, 1.165) is 11.3 Å². The molecule has 0 radical (unpaired) electrons. The van der Waals surface area contributed by atoms with Gasteiger partial charge in [-0.05, 0) is 11.5 Å². The Morgan fingerprint density at radius 2 is 2.06 bits per heavy atom. The molecule has 2 aromatic rings. The summed E-state index contributed by atoms with van der Waals surface area (Å²) in [4.78, 5) is 15.9. The average molecular weight is 244 g/mol. The summed E-state index contributed by atoms with van der Waals surface area (Å²) >= 11 is 0. The van der Waals surface area contributed by atoms with Gasteiger partial charge in [0.05, 0.1) is 5.69 Å². The number of nitrogens with zero attached hydrogens (tertiary/aromatic N) is 2. The third-order valence-electron chi connectivity index (χ3n) is 2.66. The Morgan fingerprint density at radius 1 is 1.33 bits per heavy atom. The van der Waals surface area contributed by atoms with Crippen LogP contribution in [0.4, 0.5) is 4.79 Å². The molecule has 0 unspecified atom stereocenters. The van der Waals surface area contributed by atoms with Crippen molar-refractivity contribution < 1.29 is 9.53 Å². The Labute approximate surface area is 106 Å². The van der Waals surface area contributed by atoms with E-state index < -0.39 is 0 Å². The Bertz CT molecular complexity index is 518. The fourth-order valence-electron chi connectivity index (χ4n) is 1.67. The van der Waals surface area contributed by atoms with Crippen LogP contribution in [0.3, 0.4) is 0 Å². The Balaban J connectivity index is 2.02. The van der Waals surface area contributed by atoms with Gasteiger partial charge >= 0.3 is 6.09 Å². The van der Waals surface area contributed by atoms with E-state index in [0.29, 0.717) is 0 Å². The van der Waals surface area contributed by atoms with Crippen molar-refractivity contribution in [3.8, 4) is 0 Å². The third kappa shape index (κ3) is 2.77. The van der Waals surface area contributed by atoms with Crippen LogP contribution in [0.5, 0.6) is 0 Å². The van der Waals surface area contributed by atoms with E-state index in [9.17, 15) is 4.79 Å². The summed E-state index contributed by atoms with van der Waals surface area (Å²) in [6, 6.07) is 9.60. The van der Waals surface area contributed by atoms with Crippen LogP contribution in [0.25, 0.3) is 0 Å². The van der Waals surface area contributed by atoms with E-state index in [-0.39, 0.29) is 18.6 Å². The Kier molecular flexibility index (Phi) is 3.77. The molecule has 2 rings (SSSR count). The summed E-state index contributed by atoms with van der Waals surface area (Å²) in [5.74, 6) is 0.233. The second-order valence-electron chi connectivity index (χ2n) is 4.38. The van der Waals surface area contributed by atoms with E-state index in [2.05, 4.69) is 4.98 Å². The lowest BCUT2D eigenvalue weighted by atomic mass is 10.1. The summed E-state index contributed by atoms with van der Waals surface area (Å²) in [6.07, 6.45) is 2.79. The van der Waals surface area contributed by atoms with Crippen LogP contribution >= 0.6 is 0 Å². The number of ether oxygens (including phenoxy) is 1. The summed E-state index contributed by atoms with van der Waals surface area (Å²) in [5.41, 5.74) is 1.82. The predicted molar refractivity (Wildman–Crippen MR) is 68.3 cm³/mol. The molecule has 0 saturated carbocycles. The fourth-order valence-corrected chi connectivity index (χ4v) is 1.67. The van der Waals surface area contributed by atoms with Crippen LogP contribution in [0.1, 0.15) is 31.0 Å². The van der Waals surface area contributed by atoms with Gasteiger partial charge in [-0.15, -0.1) is 0 Å². The molecule has 0 fully saturated rings. The predicted octanol–water partition coefficient (Wildman–Crippen LogP) is 3.19. The summed E-state index contributed by atoms with van der Waals surface area (Å²) in [6.45, 7) is 4.30. The van der Waals surface area contributed by atoms with Crippen LogP contribution in [0.2, 0.25) is 0 Å². The molecule has 0 amide bonds. The molecule has 1 aromatic heterocycles. The van der Waals surface area contributed by atoms with Gasteiger partial charge in [0.25, 0.3) is 0 Å². The molecular weight excluding hydrogens is 228 g/mol.